The minimum Gasteiger partial charge on any atom is -0.468 e. The minimum atomic E-state index is 0.139. The summed E-state index contributed by atoms with van der Waals surface area (Å²) in [5, 5.41) is 0. The fourth-order valence-electron chi connectivity index (χ4n) is 2.15. The van der Waals surface area contributed by atoms with Crippen molar-refractivity contribution in [1.29, 1.82) is 0 Å². The molecule has 5 heteroatoms. The van der Waals surface area contributed by atoms with Crippen molar-refractivity contribution in [1.82, 2.24) is 9.88 Å². The topological polar surface area (TPSA) is 55.3 Å². The van der Waals surface area contributed by atoms with Crippen molar-refractivity contribution in [3.05, 3.63) is 52.7 Å². The van der Waals surface area contributed by atoms with Gasteiger partial charge in [-0.3, -0.25) is 9.88 Å². The summed E-state index contributed by atoms with van der Waals surface area (Å²) in [7, 11) is 0. The largest absolute Gasteiger partial charge is 0.468 e. The molecule has 0 fully saturated rings. The van der Waals surface area contributed by atoms with Crippen molar-refractivity contribution in [2.75, 3.05) is 13.1 Å². The lowest BCUT2D eigenvalue weighted by Crippen LogP contribution is -2.33. The molecule has 4 nitrogen and oxygen atoms in total. The molecule has 0 aromatic carbocycles. The maximum Gasteiger partial charge on any atom is 0.117 e. The van der Waals surface area contributed by atoms with E-state index in [0.717, 1.165) is 28.9 Å². The van der Waals surface area contributed by atoms with Gasteiger partial charge in [-0.25, -0.2) is 0 Å². The molecule has 19 heavy (non-hydrogen) atoms. The van der Waals surface area contributed by atoms with E-state index in [0.29, 0.717) is 6.54 Å². The number of pyridine rings is 1. The van der Waals surface area contributed by atoms with Crippen molar-refractivity contribution in [2.45, 2.75) is 19.5 Å². The lowest BCUT2D eigenvalue weighted by atomic mass is 10.1. The van der Waals surface area contributed by atoms with E-state index in [-0.39, 0.29) is 6.04 Å². The Morgan fingerprint density at radius 3 is 2.89 bits per heavy atom. The van der Waals surface area contributed by atoms with E-state index >= 15 is 0 Å². The third-order valence-corrected chi connectivity index (χ3v) is 3.55. The highest BCUT2D eigenvalue weighted by Crippen LogP contribution is 2.23. The molecule has 0 aliphatic carbocycles. The Morgan fingerprint density at radius 1 is 1.47 bits per heavy atom. The van der Waals surface area contributed by atoms with Crippen LogP contribution in [0.4, 0.5) is 0 Å². The van der Waals surface area contributed by atoms with Crippen LogP contribution in [0, 0.1) is 0 Å². The standard InChI is InChI=1S/C14H18BrN3O/c1-2-18(10-13-4-3-5-19-13)14(7-16)11-6-12(15)9-17-8-11/h3-6,8-9,14H,2,7,10,16H2,1H3. The first-order valence-corrected chi connectivity index (χ1v) is 7.10. The van der Waals surface area contributed by atoms with Gasteiger partial charge < -0.3 is 10.2 Å². The van der Waals surface area contributed by atoms with E-state index in [2.05, 4.69) is 38.8 Å². The number of aromatic nitrogens is 1. The molecule has 0 amide bonds. The van der Waals surface area contributed by atoms with Crippen LogP contribution >= 0.6 is 15.9 Å². The van der Waals surface area contributed by atoms with Crippen LogP contribution in [0.15, 0.2) is 45.7 Å². The highest BCUT2D eigenvalue weighted by Gasteiger charge is 2.19. The molecule has 0 bridgehead atoms. The zero-order chi connectivity index (χ0) is 13.7. The van der Waals surface area contributed by atoms with E-state index in [1.165, 1.54) is 0 Å². The third-order valence-electron chi connectivity index (χ3n) is 3.12. The van der Waals surface area contributed by atoms with Crippen molar-refractivity contribution >= 4 is 15.9 Å². The summed E-state index contributed by atoms with van der Waals surface area (Å²) < 4.78 is 6.38. The summed E-state index contributed by atoms with van der Waals surface area (Å²) >= 11 is 3.45. The van der Waals surface area contributed by atoms with Gasteiger partial charge in [-0.1, -0.05) is 6.92 Å². The van der Waals surface area contributed by atoms with Gasteiger partial charge >= 0.3 is 0 Å². The fourth-order valence-corrected chi connectivity index (χ4v) is 2.53. The van der Waals surface area contributed by atoms with Gasteiger partial charge in [-0.2, -0.15) is 0 Å². The second kappa shape index (κ2) is 6.84. The molecule has 0 radical (unpaired) electrons. The number of hydrogen-bond acceptors (Lipinski definition) is 4. The van der Waals surface area contributed by atoms with Crippen LogP contribution in [-0.4, -0.2) is 23.0 Å². The van der Waals surface area contributed by atoms with Crippen molar-refractivity contribution < 1.29 is 4.42 Å². The van der Waals surface area contributed by atoms with E-state index in [1.54, 1.807) is 12.5 Å². The van der Waals surface area contributed by atoms with Gasteiger partial charge in [0.2, 0.25) is 0 Å². The second-order valence-electron chi connectivity index (χ2n) is 4.33. The summed E-state index contributed by atoms with van der Waals surface area (Å²) in [5.41, 5.74) is 7.06. The number of hydrogen-bond donors (Lipinski definition) is 1. The maximum absolute atomic E-state index is 5.94. The Kier molecular flexibility index (Phi) is 5.13. The molecular weight excluding hydrogens is 306 g/mol. The van der Waals surface area contributed by atoms with Crippen LogP contribution in [0.3, 0.4) is 0 Å². The van der Waals surface area contributed by atoms with E-state index in [1.807, 2.05) is 18.3 Å². The molecule has 2 aromatic heterocycles. The zero-order valence-corrected chi connectivity index (χ0v) is 12.5. The third kappa shape index (κ3) is 3.65. The number of furan rings is 1. The van der Waals surface area contributed by atoms with Crippen LogP contribution in [0.25, 0.3) is 0 Å². The summed E-state index contributed by atoms with van der Waals surface area (Å²) in [4.78, 5) is 6.49. The Morgan fingerprint density at radius 2 is 2.32 bits per heavy atom. The molecule has 1 atom stereocenters. The van der Waals surface area contributed by atoms with Crippen molar-refractivity contribution in [3.8, 4) is 0 Å². The summed E-state index contributed by atoms with van der Waals surface area (Å²) in [6.07, 6.45) is 5.34. The first kappa shape index (κ1) is 14.2. The molecular formula is C14H18BrN3O. The summed E-state index contributed by atoms with van der Waals surface area (Å²) in [6, 6.07) is 6.09. The molecule has 0 aliphatic heterocycles. The monoisotopic (exact) mass is 323 g/mol. The molecule has 1 unspecified atom stereocenters. The van der Waals surface area contributed by atoms with Crippen molar-refractivity contribution in [3.63, 3.8) is 0 Å². The molecule has 2 aromatic rings. The fraction of sp³-hybridized carbons (Fsp3) is 0.357. The van der Waals surface area contributed by atoms with Gasteiger partial charge in [0.05, 0.1) is 12.8 Å². The normalized spacial score (nSPS) is 12.8. The minimum absolute atomic E-state index is 0.139. The molecule has 2 heterocycles. The smallest absolute Gasteiger partial charge is 0.117 e. The average molecular weight is 324 g/mol. The van der Waals surface area contributed by atoms with Gasteiger partial charge in [0.1, 0.15) is 5.76 Å². The van der Waals surface area contributed by atoms with Crippen LogP contribution < -0.4 is 5.73 Å². The molecule has 0 saturated carbocycles. The van der Waals surface area contributed by atoms with Crippen LogP contribution in [0.2, 0.25) is 0 Å². The van der Waals surface area contributed by atoms with Crippen LogP contribution in [-0.2, 0) is 6.54 Å². The lowest BCUT2D eigenvalue weighted by molar-refractivity contribution is 0.187. The van der Waals surface area contributed by atoms with E-state index < -0.39 is 0 Å². The van der Waals surface area contributed by atoms with Crippen LogP contribution in [0.1, 0.15) is 24.3 Å². The Labute approximate surface area is 121 Å². The predicted octanol–water partition coefficient (Wildman–Crippen LogP) is 2.96. The van der Waals surface area contributed by atoms with E-state index in [4.69, 9.17) is 10.2 Å². The first-order chi connectivity index (χ1) is 9.24. The predicted molar refractivity (Wildman–Crippen MR) is 78.5 cm³/mol. The Bertz CT molecular complexity index is 501. The molecule has 0 spiro atoms. The quantitative estimate of drug-likeness (QED) is 0.888. The Hall–Kier alpha value is -1.17. The van der Waals surface area contributed by atoms with Gasteiger partial charge in [-0.15, -0.1) is 0 Å². The number of nitrogens with two attached hydrogens (primary N) is 1. The van der Waals surface area contributed by atoms with Crippen LogP contribution in [0.5, 0.6) is 0 Å². The number of rotatable bonds is 6. The zero-order valence-electron chi connectivity index (χ0n) is 10.9. The van der Waals surface area contributed by atoms with Gasteiger partial charge in [-0.05, 0) is 46.2 Å². The molecule has 102 valence electrons. The number of nitrogens with zero attached hydrogens (tertiary/aromatic N) is 2. The SMILES string of the molecule is CCN(Cc1ccco1)C(CN)c1cncc(Br)c1. The number of likely N-dealkylation sites (N-methyl/N-ethyl adjacent to an activating group) is 1. The lowest BCUT2D eigenvalue weighted by Gasteiger charge is -2.29. The molecule has 2 rings (SSSR count). The van der Waals surface area contributed by atoms with Gasteiger partial charge in [0.15, 0.2) is 0 Å². The Balaban J connectivity index is 2.18. The van der Waals surface area contributed by atoms with E-state index in [9.17, 15) is 0 Å². The highest BCUT2D eigenvalue weighted by molar-refractivity contribution is 9.10. The maximum atomic E-state index is 5.94. The van der Waals surface area contributed by atoms with Gasteiger partial charge in [0.25, 0.3) is 0 Å². The molecule has 0 saturated heterocycles. The molecule has 2 N–H and O–H groups in total. The van der Waals surface area contributed by atoms with Crippen molar-refractivity contribution in [2.24, 2.45) is 5.73 Å². The first-order valence-electron chi connectivity index (χ1n) is 6.31. The number of halogens is 1. The average Bonchev–Trinajstić information content (AvgIpc) is 2.91. The highest BCUT2D eigenvalue weighted by atomic mass is 79.9. The summed E-state index contributed by atoms with van der Waals surface area (Å²) in [5.74, 6) is 0.947. The van der Waals surface area contributed by atoms with Gasteiger partial charge in [0, 0.05) is 29.5 Å². The molecule has 0 aliphatic rings. The second-order valence-corrected chi connectivity index (χ2v) is 5.25. The summed E-state index contributed by atoms with van der Waals surface area (Å²) in [6.45, 7) is 4.32.